The molecule has 2 aliphatic heterocycles. The van der Waals surface area contributed by atoms with Crippen molar-refractivity contribution in [3.8, 4) is 0 Å². The molecule has 3 heterocycles. The van der Waals surface area contributed by atoms with E-state index >= 15 is 0 Å². The Kier molecular flexibility index (Phi) is 3.09. The lowest BCUT2D eigenvalue weighted by atomic mass is 10.00. The van der Waals surface area contributed by atoms with Gasteiger partial charge in [0.2, 0.25) is 5.89 Å². The van der Waals surface area contributed by atoms with Gasteiger partial charge in [-0.3, -0.25) is 0 Å². The molecular formula is C11H17N3O3. The molecule has 0 spiro atoms. The van der Waals surface area contributed by atoms with Crippen LogP contribution < -0.4 is 5.32 Å². The van der Waals surface area contributed by atoms with Crippen molar-refractivity contribution in [2.24, 2.45) is 0 Å². The first-order valence-corrected chi connectivity index (χ1v) is 6.15. The minimum Gasteiger partial charge on any atom is -0.392 e. The van der Waals surface area contributed by atoms with Gasteiger partial charge in [0.1, 0.15) is 0 Å². The highest BCUT2D eigenvalue weighted by Gasteiger charge is 2.29. The van der Waals surface area contributed by atoms with E-state index in [1.54, 1.807) is 0 Å². The van der Waals surface area contributed by atoms with Crippen LogP contribution in [0.1, 0.15) is 42.9 Å². The standard InChI is InChI=1S/C11H17N3O3/c15-8-5-9(12-6-8)11-13-10(14-17-11)7-1-3-16-4-2-7/h7-9,12,15H,1-6H2/t8?,9-/m0/s1. The molecule has 0 radical (unpaired) electrons. The van der Waals surface area contributed by atoms with Crippen LogP contribution in [-0.4, -0.2) is 41.1 Å². The normalized spacial score (nSPS) is 30.9. The van der Waals surface area contributed by atoms with Gasteiger partial charge in [-0.05, 0) is 19.3 Å². The van der Waals surface area contributed by atoms with Crippen LogP contribution in [0.25, 0.3) is 0 Å². The fraction of sp³-hybridized carbons (Fsp3) is 0.818. The summed E-state index contributed by atoms with van der Waals surface area (Å²) < 4.78 is 10.6. The summed E-state index contributed by atoms with van der Waals surface area (Å²) in [5.74, 6) is 1.74. The van der Waals surface area contributed by atoms with E-state index in [1.807, 2.05) is 0 Å². The lowest BCUT2D eigenvalue weighted by Crippen LogP contribution is -2.16. The number of rotatable bonds is 2. The van der Waals surface area contributed by atoms with Crippen molar-refractivity contribution in [2.75, 3.05) is 19.8 Å². The molecule has 2 aliphatic rings. The van der Waals surface area contributed by atoms with Gasteiger partial charge in [0.05, 0.1) is 12.1 Å². The van der Waals surface area contributed by atoms with Gasteiger partial charge in [-0.15, -0.1) is 0 Å². The Morgan fingerprint density at radius 1 is 1.29 bits per heavy atom. The molecule has 94 valence electrons. The van der Waals surface area contributed by atoms with Crippen LogP contribution in [0.3, 0.4) is 0 Å². The lowest BCUT2D eigenvalue weighted by molar-refractivity contribution is 0.0830. The van der Waals surface area contributed by atoms with Crippen LogP contribution in [0.5, 0.6) is 0 Å². The second-order valence-corrected chi connectivity index (χ2v) is 4.73. The second-order valence-electron chi connectivity index (χ2n) is 4.73. The average molecular weight is 239 g/mol. The van der Waals surface area contributed by atoms with E-state index in [9.17, 15) is 5.11 Å². The molecular weight excluding hydrogens is 222 g/mol. The molecule has 1 unspecified atom stereocenters. The molecule has 6 nitrogen and oxygen atoms in total. The van der Waals surface area contributed by atoms with Gasteiger partial charge in [0.15, 0.2) is 5.82 Å². The smallest absolute Gasteiger partial charge is 0.243 e. The number of β-amino-alcohol motifs (C(OH)–C–C–N with tert-alkyl or cyclic N) is 1. The van der Waals surface area contributed by atoms with E-state index in [2.05, 4.69) is 15.5 Å². The van der Waals surface area contributed by atoms with Crippen LogP contribution in [-0.2, 0) is 4.74 Å². The molecule has 0 saturated carbocycles. The summed E-state index contributed by atoms with van der Waals surface area (Å²) in [5.41, 5.74) is 0. The zero-order chi connectivity index (χ0) is 11.7. The Morgan fingerprint density at radius 3 is 2.82 bits per heavy atom. The molecule has 2 atom stereocenters. The Labute approximate surface area is 99.3 Å². The van der Waals surface area contributed by atoms with Gasteiger partial charge < -0.3 is 19.7 Å². The zero-order valence-electron chi connectivity index (χ0n) is 9.63. The second kappa shape index (κ2) is 4.72. The fourth-order valence-corrected chi connectivity index (χ4v) is 2.42. The number of nitrogens with one attached hydrogen (secondary N) is 1. The number of aliphatic hydroxyl groups is 1. The molecule has 3 rings (SSSR count). The first-order chi connectivity index (χ1) is 8.33. The molecule has 0 bridgehead atoms. The summed E-state index contributed by atoms with van der Waals surface area (Å²) in [7, 11) is 0. The number of aliphatic hydroxyl groups excluding tert-OH is 1. The average Bonchev–Trinajstić information content (AvgIpc) is 2.98. The highest BCUT2D eigenvalue weighted by molar-refractivity contribution is 5.01. The van der Waals surface area contributed by atoms with E-state index < -0.39 is 0 Å². The Balaban J connectivity index is 1.69. The van der Waals surface area contributed by atoms with Crippen LogP contribution in [0.2, 0.25) is 0 Å². The third kappa shape index (κ3) is 2.34. The lowest BCUT2D eigenvalue weighted by Gasteiger charge is -2.18. The van der Waals surface area contributed by atoms with Crippen LogP contribution in [0, 0.1) is 0 Å². The van der Waals surface area contributed by atoms with Crippen molar-refractivity contribution in [3.05, 3.63) is 11.7 Å². The van der Waals surface area contributed by atoms with Crippen molar-refractivity contribution in [1.82, 2.24) is 15.5 Å². The Bertz CT molecular complexity index is 357. The zero-order valence-corrected chi connectivity index (χ0v) is 9.63. The van der Waals surface area contributed by atoms with Gasteiger partial charge in [-0.1, -0.05) is 5.16 Å². The number of hydrogen-bond acceptors (Lipinski definition) is 6. The largest absolute Gasteiger partial charge is 0.392 e. The van der Waals surface area contributed by atoms with Gasteiger partial charge in [0.25, 0.3) is 0 Å². The van der Waals surface area contributed by atoms with Crippen molar-refractivity contribution in [3.63, 3.8) is 0 Å². The molecule has 2 N–H and O–H groups in total. The molecule has 0 aliphatic carbocycles. The summed E-state index contributed by atoms with van der Waals surface area (Å²) in [6, 6.07) is 0.00564. The Hall–Kier alpha value is -0.980. The first-order valence-electron chi connectivity index (χ1n) is 6.15. The summed E-state index contributed by atoms with van der Waals surface area (Å²) >= 11 is 0. The third-order valence-electron chi connectivity index (χ3n) is 3.45. The van der Waals surface area contributed by atoms with E-state index in [0.717, 1.165) is 31.9 Å². The van der Waals surface area contributed by atoms with Crippen molar-refractivity contribution in [1.29, 1.82) is 0 Å². The minimum absolute atomic E-state index is 0.00564. The predicted octanol–water partition coefficient (Wildman–Crippen LogP) is 0.359. The summed E-state index contributed by atoms with van der Waals surface area (Å²) in [4.78, 5) is 4.44. The van der Waals surface area contributed by atoms with Gasteiger partial charge in [-0.25, -0.2) is 0 Å². The van der Waals surface area contributed by atoms with Gasteiger partial charge in [-0.2, -0.15) is 4.98 Å². The molecule has 2 fully saturated rings. The number of ether oxygens (including phenoxy) is 1. The SMILES string of the molecule is OC1CN[C@H](c2nc(C3CCOCC3)no2)C1. The highest BCUT2D eigenvalue weighted by Crippen LogP contribution is 2.27. The number of hydrogen-bond donors (Lipinski definition) is 2. The number of aromatic nitrogens is 2. The summed E-state index contributed by atoms with van der Waals surface area (Å²) in [5, 5.41) is 16.7. The molecule has 2 saturated heterocycles. The topological polar surface area (TPSA) is 80.4 Å². The fourth-order valence-electron chi connectivity index (χ4n) is 2.42. The van der Waals surface area contributed by atoms with Crippen LogP contribution in [0.4, 0.5) is 0 Å². The van der Waals surface area contributed by atoms with Crippen LogP contribution in [0.15, 0.2) is 4.52 Å². The third-order valence-corrected chi connectivity index (χ3v) is 3.45. The Morgan fingerprint density at radius 2 is 2.12 bits per heavy atom. The van der Waals surface area contributed by atoms with E-state index in [4.69, 9.17) is 9.26 Å². The maximum Gasteiger partial charge on any atom is 0.243 e. The molecule has 1 aromatic heterocycles. The minimum atomic E-state index is -0.307. The molecule has 0 aromatic carbocycles. The first kappa shape index (κ1) is 11.1. The van der Waals surface area contributed by atoms with E-state index in [-0.39, 0.29) is 12.1 Å². The summed E-state index contributed by atoms with van der Waals surface area (Å²) in [6.07, 6.45) is 2.26. The van der Waals surface area contributed by atoms with Gasteiger partial charge >= 0.3 is 0 Å². The van der Waals surface area contributed by atoms with Crippen molar-refractivity contribution in [2.45, 2.75) is 37.3 Å². The molecule has 17 heavy (non-hydrogen) atoms. The van der Waals surface area contributed by atoms with Gasteiger partial charge in [0, 0.05) is 25.7 Å². The maximum atomic E-state index is 9.45. The highest BCUT2D eigenvalue weighted by atomic mass is 16.5. The monoisotopic (exact) mass is 239 g/mol. The van der Waals surface area contributed by atoms with E-state index in [1.165, 1.54) is 0 Å². The van der Waals surface area contributed by atoms with Crippen molar-refractivity contribution >= 4 is 0 Å². The molecule has 6 heteroatoms. The quantitative estimate of drug-likeness (QED) is 0.775. The predicted molar refractivity (Wildman–Crippen MR) is 58.5 cm³/mol. The summed E-state index contributed by atoms with van der Waals surface area (Å²) in [6.45, 7) is 2.14. The van der Waals surface area contributed by atoms with Crippen LogP contribution >= 0.6 is 0 Å². The molecule has 0 amide bonds. The number of nitrogens with zero attached hydrogens (tertiary/aromatic N) is 2. The van der Waals surface area contributed by atoms with E-state index in [0.29, 0.717) is 24.8 Å². The van der Waals surface area contributed by atoms with Crippen molar-refractivity contribution < 1.29 is 14.4 Å². The molecule has 1 aromatic rings. The maximum absolute atomic E-state index is 9.45.